The molecule has 0 saturated carbocycles. The molecule has 114 valence electrons. The van der Waals surface area contributed by atoms with Gasteiger partial charge >= 0.3 is 0 Å². The molecule has 3 rings (SSSR count). The van der Waals surface area contributed by atoms with Crippen LogP contribution in [0.25, 0.3) is 10.8 Å². The van der Waals surface area contributed by atoms with E-state index >= 15 is 0 Å². The quantitative estimate of drug-likeness (QED) is 0.577. The average Bonchev–Trinajstić information content (AvgIpc) is 2.60. The van der Waals surface area contributed by atoms with E-state index in [-0.39, 0.29) is 11.4 Å². The third kappa shape index (κ3) is 3.03. The Kier molecular flexibility index (Phi) is 4.01. The number of nitrogens with zero attached hydrogens (tertiary/aromatic N) is 2. The Morgan fingerprint density at radius 1 is 1.09 bits per heavy atom. The highest BCUT2D eigenvalue weighted by Crippen LogP contribution is 2.28. The lowest BCUT2D eigenvalue weighted by atomic mass is 10.0. The van der Waals surface area contributed by atoms with Gasteiger partial charge in [-0.15, -0.1) is 0 Å². The number of carbonyl (C=O) groups excluding carboxylic acids is 1. The van der Waals surface area contributed by atoms with E-state index in [1.807, 2.05) is 30.3 Å². The van der Waals surface area contributed by atoms with Crippen LogP contribution < -0.4 is 5.43 Å². The lowest BCUT2D eigenvalue weighted by molar-refractivity contribution is 0.0950. The van der Waals surface area contributed by atoms with Gasteiger partial charge in [-0.2, -0.15) is 5.10 Å². The standard InChI is InChI=1S/C18H15N3O2/c1-12(20-21-18(23)16-8-4-5-11-19-16)14-10-9-13-6-2-3-7-15(13)17(14)22/h2-11,22H,1H3,(H,21,23)/b20-12+. The smallest absolute Gasteiger partial charge is 0.289 e. The topological polar surface area (TPSA) is 74.6 Å². The Morgan fingerprint density at radius 2 is 1.87 bits per heavy atom. The number of benzene rings is 2. The zero-order valence-corrected chi connectivity index (χ0v) is 12.5. The van der Waals surface area contributed by atoms with Gasteiger partial charge in [-0.3, -0.25) is 9.78 Å². The van der Waals surface area contributed by atoms with Crippen molar-refractivity contribution in [3.63, 3.8) is 0 Å². The number of phenols is 1. The molecule has 0 atom stereocenters. The summed E-state index contributed by atoms with van der Waals surface area (Å²) in [6.07, 6.45) is 1.54. The van der Waals surface area contributed by atoms with Gasteiger partial charge < -0.3 is 5.11 Å². The molecule has 0 radical (unpaired) electrons. The van der Waals surface area contributed by atoms with Gasteiger partial charge in [-0.05, 0) is 30.5 Å². The van der Waals surface area contributed by atoms with Crippen molar-refractivity contribution in [1.29, 1.82) is 0 Å². The molecule has 0 unspecified atom stereocenters. The van der Waals surface area contributed by atoms with Crippen LogP contribution in [0.2, 0.25) is 0 Å². The number of hydrogen-bond acceptors (Lipinski definition) is 4. The summed E-state index contributed by atoms with van der Waals surface area (Å²) in [5.41, 5.74) is 3.82. The van der Waals surface area contributed by atoms with Crippen LogP contribution >= 0.6 is 0 Å². The first-order valence-corrected chi connectivity index (χ1v) is 7.13. The summed E-state index contributed by atoms with van der Waals surface area (Å²) < 4.78 is 0. The first kappa shape index (κ1) is 14.7. The van der Waals surface area contributed by atoms with Crippen LogP contribution in [0.1, 0.15) is 23.0 Å². The molecule has 5 heteroatoms. The van der Waals surface area contributed by atoms with E-state index in [0.29, 0.717) is 11.3 Å². The second kappa shape index (κ2) is 6.27. The van der Waals surface area contributed by atoms with Crippen LogP contribution in [0.4, 0.5) is 0 Å². The van der Waals surface area contributed by atoms with Crippen molar-refractivity contribution in [2.45, 2.75) is 6.92 Å². The van der Waals surface area contributed by atoms with Gasteiger partial charge in [0.25, 0.3) is 5.91 Å². The van der Waals surface area contributed by atoms with Crippen molar-refractivity contribution in [2.24, 2.45) is 5.10 Å². The third-order valence-corrected chi connectivity index (χ3v) is 3.51. The van der Waals surface area contributed by atoms with E-state index in [1.165, 1.54) is 0 Å². The highest BCUT2D eigenvalue weighted by molar-refractivity contribution is 6.06. The summed E-state index contributed by atoms with van der Waals surface area (Å²) in [5.74, 6) is -0.248. The molecule has 0 aliphatic carbocycles. The molecule has 2 N–H and O–H groups in total. The first-order valence-electron chi connectivity index (χ1n) is 7.13. The zero-order valence-electron chi connectivity index (χ0n) is 12.5. The minimum absolute atomic E-state index is 0.149. The molecular weight excluding hydrogens is 290 g/mol. The number of carbonyl (C=O) groups is 1. The molecule has 1 amide bonds. The van der Waals surface area contributed by atoms with E-state index in [0.717, 1.165) is 10.8 Å². The predicted molar refractivity (Wildman–Crippen MR) is 89.5 cm³/mol. The van der Waals surface area contributed by atoms with Crippen molar-refractivity contribution < 1.29 is 9.90 Å². The second-order valence-corrected chi connectivity index (χ2v) is 5.04. The number of aromatic hydroxyl groups is 1. The Bertz CT molecular complexity index is 889. The lowest BCUT2D eigenvalue weighted by Crippen LogP contribution is -2.20. The molecule has 2 aromatic carbocycles. The minimum atomic E-state index is -0.398. The molecule has 0 spiro atoms. The molecule has 5 nitrogen and oxygen atoms in total. The van der Waals surface area contributed by atoms with Crippen LogP contribution in [-0.2, 0) is 0 Å². The number of amides is 1. The number of aromatic nitrogens is 1. The highest BCUT2D eigenvalue weighted by atomic mass is 16.3. The molecule has 3 aromatic rings. The largest absolute Gasteiger partial charge is 0.507 e. The van der Waals surface area contributed by atoms with Crippen molar-refractivity contribution >= 4 is 22.4 Å². The Labute approximate surface area is 133 Å². The van der Waals surface area contributed by atoms with Crippen molar-refractivity contribution in [1.82, 2.24) is 10.4 Å². The molecule has 0 fully saturated rings. The molecule has 1 heterocycles. The molecular formula is C18H15N3O2. The number of phenolic OH excluding ortho intramolecular Hbond substituents is 1. The molecule has 0 bridgehead atoms. The maximum Gasteiger partial charge on any atom is 0.289 e. The molecule has 0 aliphatic heterocycles. The number of nitrogens with one attached hydrogen (secondary N) is 1. The maximum absolute atomic E-state index is 11.9. The maximum atomic E-state index is 11.9. The summed E-state index contributed by atoms with van der Waals surface area (Å²) in [6, 6.07) is 16.3. The van der Waals surface area contributed by atoms with Crippen LogP contribution in [0.3, 0.4) is 0 Å². The van der Waals surface area contributed by atoms with Gasteiger partial charge in [0.05, 0.1) is 5.71 Å². The summed E-state index contributed by atoms with van der Waals surface area (Å²) in [7, 11) is 0. The van der Waals surface area contributed by atoms with Crippen molar-refractivity contribution in [3.05, 3.63) is 72.1 Å². The van der Waals surface area contributed by atoms with Gasteiger partial charge in [0.2, 0.25) is 0 Å². The van der Waals surface area contributed by atoms with Crippen LogP contribution in [0, 0.1) is 0 Å². The number of pyridine rings is 1. The Hall–Kier alpha value is -3.21. The first-order chi connectivity index (χ1) is 11.2. The van der Waals surface area contributed by atoms with E-state index in [2.05, 4.69) is 15.5 Å². The summed E-state index contributed by atoms with van der Waals surface area (Å²) in [6.45, 7) is 1.72. The van der Waals surface area contributed by atoms with E-state index in [4.69, 9.17) is 0 Å². The number of hydrogen-bond donors (Lipinski definition) is 2. The normalized spacial score (nSPS) is 11.4. The summed E-state index contributed by atoms with van der Waals surface area (Å²) in [5, 5.41) is 16.1. The molecule has 23 heavy (non-hydrogen) atoms. The molecule has 0 aliphatic rings. The highest BCUT2D eigenvalue weighted by Gasteiger charge is 2.10. The van der Waals surface area contributed by atoms with Crippen LogP contribution in [-0.4, -0.2) is 21.7 Å². The Morgan fingerprint density at radius 3 is 2.65 bits per heavy atom. The predicted octanol–water partition coefficient (Wildman–Crippen LogP) is 3.09. The van der Waals surface area contributed by atoms with Crippen LogP contribution in [0.15, 0.2) is 65.9 Å². The van der Waals surface area contributed by atoms with Gasteiger partial charge in [0, 0.05) is 17.1 Å². The average molecular weight is 305 g/mol. The zero-order chi connectivity index (χ0) is 16.2. The van der Waals surface area contributed by atoms with Crippen LogP contribution in [0.5, 0.6) is 5.75 Å². The summed E-state index contributed by atoms with van der Waals surface area (Å²) >= 11 is 0. The number of fused-ring (bicyclic) bond motifs is 1. The number of hydrazone groups is 1. The van der Waals surface area contributed by atoms with E-state index in [1.54, 1.807) is 37.4 Å². The monoisotopic (exact) mass is 305 g/mol. The fourth-order valence-electron chi connectivity index (χ4n) is 2.30. The number of rotatable bonds is 3. The van der Waals surface area contributed by atoms with Gasteiger partial charge in [0.15, 0.2) is 0 Å². The fourth-order valence-corrected chi connectivity index (χ4v) is 2.30. The lowest BCUT2D eigenvalue weighted by Gasteiger charge is -2.08. The fraction of sp³-hybridized carbons (Fsp3) is 0.0556. The Balaban J connectivity index is 1.87. The van der Waals surface area contributed by atoms with Crippen molar-refractivity contribution in [3.8, 4) is 5.75 Å². The van der Waals surface area contributed by atoms with E-state index in [9.17, 15) is 9.90 Å². The molecule has 1 aromatic heterocycles. The van der Waals surface area contributed by atoms with Crippen molar-refractivity contribution in [2.75, 3.05) is 0 Å². The summed E-state index contributed by atoms with van der Waals surface area (Å²) in [4.78, 5) is 15.9. The van der Waals surface area contributed by atoms with Gasteiger partial charge in [0.1, 0.15) is 11.4 Å². The van der Waals surface area contributed by atoms with Gasteiger partial charge in [-0.1, -0.05) is 36.4 Å². The SMILES string of the molecule is C/C(=N\NC(=O)c1ccccn1)c1ccc2ccccc2c1O. The van der Waals surface area contributed by atoms with E-state index < -0.39 is 5.91 Å². The van der Waals surface area contributed by atoms with Gasteiger partial charge in [-0.25, -0.2) is 5.43 Å². The molecule has 0 saturated heterocycles. The second-order valence-electron chi connectivity index (χ2n) is 5.04. The minimum Gasteiger partial charge on any atom is -0.507 e. The third-order valence-electron chi connectivity index (χ3n) is 3.51.